The van der Waals surface area contributed by atoms with Crippen LogP contribution in [0.3, 0.4) is 0 Å². The van der Waals surface area contributed by atoms with Gasteiger partial charge in [0.15, 0.2) is 0 Å². The summed E-state index contributed by atoms with van der Waals surface area (Å²) in [7, 11) is -0.592. The highest BCUT2D eigenvalue weighted by atomic mass is 35.5. The Morgan fingerprint density at radius 3 is 2.70 bits per heavy atom. The van der Waals surface area contributed by atoms with E-state index in [1.165, 1.54) is 22.0 Å². The van der Waals surface area contributed by atoms with E-state index in [9.17, 15) is 18.6 Å². The number of anilines is 1. The van der Waals surface area contributed by atoms with Gasteiger partial charge in [0.25, 0.3) is 11.8 Å². The van der Waals surface area contributed by atoms with E-state index in [0.29, 0.717) is 42.4 Å². The van der Waals surface area contributed by atoms with Crippen LogP contribution in [0.1, 0.15) is 70.1 Å². The van der Waals surface area contributed by atoms with Gasteiger partial charge in [-0.3, -0.25) is 19.0 Å². The molecule has 7 atom stereocenters. The first-order valence-electron chi connectivity index (χ1n) is 18.8. The van der Waals surface area contributed by atoms with E-state index in [1.54, 1.807) is 52.3 Å². The summed E-state index contributed by atoms with van der Waals surface area (Å²) < 4.78 is 41.4. The van der Waals surface area contributed by atoms with Crippen LogP contribution >= 0.6 is 11.6 Å². The Labute approximate surface area is 331 Å². The third-order valence-electron chi connectivity index (χ3n) is 11.6. The molecule has 296 valence electrons. The van der Waals surface area contributed by atoms with Crippen molar-refractivity contribution in [2.24, 2.45) is 29.2 Å². The molecule has 2 bridgehead atoms. The summed E-state index contributed by atoms with van der Waals surface area (Å²) in [5.41, 5.74) is 12.6. The Bertz CT molecular complexity index is 2260. The first-order chi connectivity index (χ1) is 26.8. The summed E-state index contributed by atoms with van der Waals surface area (Å²) in [6, 6.07) is 11.2. The van der Waals surface area contributed by atoms with Crippen LogP contribution < -0.4 is 14.4 Å². The lowest BCUT2D eigenvalue weighted by Gasteiger charge is -2.46. The maximum atomic E-state index is 14.9. The van der Waals surface area contributed by atoms with E-state index in [-0.39, 0.29) is 40.2 Å². The van der Waals surface area contributed by atoms with Crippen molar-refractivity contribution >= 4 is 51.2 Å². The second-order valence-electron chi connectivity index (χ2n) is 15.4. The molecule has 2 amide bonds. The van der Waals surface area contributed by atoms with Crippen molar-refractivity contribution in [2.45, 2.75) is 63.6 Å². The number of fused-ring (bicyclic) bond motifs is 4. The van der Waals surface area contributed by atoms with E-state index >= 15 is 0 Å². The number of amides is 2. The molecule has 3 heterocycles. The second kappa shape index (κ2) is 16.0. The van der Waals surface area contributed by atoms with Gasteiger partial charge in [0.05, 0.1) is 35.4 Å². The summed E-state index contributed by atoms with van der Waals surface area (Å²) >= 11 is 6.46. The van der Waals surface area contributed by atoms with Crippen molar-refractivity contribution in [3.8, 4) is 5.75 Å². The fourth-order valence-corrected chi connectivity index (χ4v) is 10.8. The number of rotatable bonds is 5. The number of aryl methyl sites for hydroxylation is 3. The topological polar surface area (TPSA) is 178 Å². The highest BCUT2D eigenvalue weighted by Gasteiger charge is 2.44. The molecule has 3 aromatic rings. The molecule has 0 saturated heterocycles. The van der Waals surface area contributed by atoms with Gasteiger partial charge < -0.3 is 24.6 Å². The summed E-state index contributed by atoms with van der Waals surface area (Å²) in [5.74, 6) is -2.65. The molecular formula is C40H46ClN7O7S. The van der Waals surface area contributed by atoms with Crippen molar-refractivity contribution in [1.29, 1.82) is 0 Å². The standard InChI is InChI=1S/C40H46ClN7O7S/c1-24-21-56(52,46-39(51)31-20-47(3)44-25(31)2)45-38(50)27-8-12-36-33(17-27)48(22-40(23-54-36)15-5-6-26-16-29(41)9-11-32(26)40)19-28-7-10-30(28)35(53-4)14-13-34(24)55-37(49)18-43-42/h8-9,11-14,16-18,20,24,28,30,34-35H,5-7,10,15,19,21-23H2,1-4H3,(H,45,46,50,51,52)/b14-13+/t24-,28+,30-,34+,35+,40+,56+/m1/s1. The largest absolute Gasteiger partial charge is 0.490 e. The average Bonchev–Trinajstić information content (AvgIpc) is 3.41. The molecule has 0 unspecified atom stereocenters. The van der Waals surface area contributed by atoms with Crippen molar-refractivity contribution in [1.82, 2.24) is 14.5 Å². The molecular weight excluding hydrogens is 758 g/mol. The van der Waals surface area contributed by atoms with Crippen LogP contribution in [0.2, 0.25) is 5.02 Å². The lowest BCUT2D eigenvalue weighted by Crippen LogP contribution is -2.49. The Kier molecular flexibility index (Phi) is 11.2. The number of carbonyl (C=O) groups is 3. The van der Waals surface area contributed by atoms with Gasteiger partial charge in [0.1, 0.15) is 21.8 Å². The van der Waals surface area contributed by atoms with Gasteiger partial charge in [0.2, 0.25) is 0 Å². The van der Waals surface area contributed by atoms with Crippen LogP contribution in [0.15, 0.2) is 59.1 Å². The number of benzene rings is 2. The lowest BCUT2D eigenvalue weighted by molar-refractivity contribution is -0.143. The minimum absolute atomic E-state index is 0.113. The van der Waals surface area contributed by atoms with Crippen LogP contribution in [0.25, 0.3) is 5.53 Å². The van der Waals surface area contributed by atoms with Gasteiger partial charge in [-0.25, -0.2) is 9.00 Å². The summed E-state index contributed by atoms with van der Waals surface area (Å²) in [6.45, 7) is 5.02. The number of methoxy groups -OCH3 is 1. The van der Waals surface area contributed by atoms with Gasteiger partial charge in [-0.2, -0.15) is 9.89 Å². The van der Waals surface area contributed by atoms with E-state index < -0.39 is 39.7 Å². The Morgan fingerprint density at radius 1 is 1.18 bits per heavy atom. The molecule has 1 spiro atoms. The van der Waals surface area contributed by atoms with E-state index in [0.717, 1.165) is 37.8 Å². The van der Waals surface area contributed by atoms with Gasteiger partial charge in [0, 0.05) is 55.4 Å². The van der Waals surface area contributed by atoms with Gasteiger partial charge in [-0.1, -0.05) is 30.7 Å². The van der Waals surface area contributed by atoms with E-state index in [4.69, 9.17) is 31.3 Å². The van der Waals surface area contributed by atoms with Crippen LogP contribution in [-0.2, 0) is 43.1 Å². The number of carbonyl (C=O) groups excluding carboxylic acids is 3. The maximum absolute atomic E-state index is 14.9. The summed E-state index contributed by atoms with van der Waals surface area (Å²) in [4.78, 5) is 45.5. The number of aromatic nitrogens is 2. The lowest BCUT2D eigenvalue weighted by atomic mass is 9.68. The van der Waals surface area contributed by atoms with Crippen molar-refractivity contribution < 1.29 is 37.6 Å². The second-order valence-corrected chi connectivity index (χ2v) is 17.9. The van der Waals surface area contributed by atoms with Crippen molar-refractivity contribution in [2.75, 3.05) is 37.5 Å². The molecule has 2 aromatic carbocycles. The smallest absolute Gasteiger partial charge is 0.414 e. The third-order valence-corrected chi connectivity index (χ3v) is 13.8. The zero-order chi connectivity index (χ0) is 39.8. The highest BCUT2D eigenvalue weighted by Crippen LogP contribution is 2.47. The monoisotopic (exact) mass is 803 g/mol. The fraction of sp³-hybridized carbons (Fsp3) is 0.475. The molecule has 0 radical (unpaired) electrons. The molecule has 1 saturated carbocycles. The average molecular weight is 804 g/mol. The Hall–Kier alpha value is -4.82. The molecule has 14 nitrogen and oxygen atoms in total. The predicted molar refractivity (Wildman–Crippen MR) is 210 cm³/mol. The molecule has 1 aromatic heterocycles. The molecule has 16 heteroatoms. The molecule has 1 fully saturated rings. The van der Waals surface area contributed by atoms with Crippen molar-refractivity contribution in [3.05, 3.63) is 93.2 Å². The number of ether oxygens (including phenoxy) is 3. The molecule has 2 aliphatic carbocycles. The number of nitrogens with one attached hydrogen (secondary N) is 1. The zero-order valence-electron chi connectivity index (χ0n) is 31.9. The zero-order valence-corrected chi connectivity index (χ0v) is 33.4. The van der Waals surface area contributed by atoms with Gasteiger partial charge in [-0.05, 0) is 98.4 Å². The number of hydrogen-bond acceptors (Lipinski definition) is 9. The van der Waals surface area contributed by atoms with Gasteiger partial charge in [-0.15, -0.1) is 4.36 Å². The van der Waals surface area contributed by atoms with Gasteiger partial charge >= 0.3 is 12.2 Å². The molecule has 4 aliphatic rings. The normalized spacial score (nSPS) is 29.2. The van der Waals surface area contributed by atoms with Crippen molar-refractivity contribution in [3.63, 3.8) is 0 Å². The third kappa shape index (κ3) is 8.04. The quantitative estimate of drug-likeness (QED) is 0.118. The van der Waals surface area contributed by atoms with Crippen LogP contribution in [0.5, 0.6) is 5.75 Å². The SMILES string of the molecule is CO[C@H]1/C=C/[C@H](OC(=O)C=[N+]=[N-])[C@H](C)C[S@@](=O)(NC(=O)c2cn(C)nc2C)=NC(=O)c2ccc3c(c2)N(C[C@@H]2CC[C@H]21)C[C@@]1(CCCc2cc(Cl)ccc21)CO3. The first-order valence-corrected chi connectivity index (χ1v) is 20.9. The maximum Gasteiger partial charge on any atom is 0.414 e. The predicted octanol–water partition coefficient (Wildman–Crippen LogP) is 5.27. The summed E-state index contributed by atoms with van der Waals surface area (Å²) in [5, 5.41) is 4.92. The molecule has 56 heavy (non-hydrogen) atoms. The number of halogens is 1. The Balaban J connectivity index is 1.34. The van der Waals surface area contributed by atoms with Crippen LogP contribution in [0, 0.1) is 24.7 Å². The van der Waals surface area contributed by atoms with Crippen LogP contribution in [-0.4, -0.2) is 87.5 Å². The minimum atomic E-state index is -3.89. The summed E-state index contributed by atoms with van der Waals surface area (Å²) in [6.07, 6.45) is 8.89. The number of esters is 1. The first kappa shape index (κ1) is 39.4. The fourth-order valence-electron chi connectivity index (χ4n) is 8.72. The number of nitrogens with zero attached hydrogens (tertiary/aromatic N) is 6. The minimum Gasteiger partial charge on any atom is -0.490 e. The highest BCUT2D eigenvalue weighted by molar-refractivity contribution is 7.92. The van der Waals surface area contributed by atoms with E-state index in [1.807, 2.05) is 18.2 Å². The molecule has 7 rings (SSSR count). The van der Waals surface area contributed by atoms with Crippen LogP contribution in [0.4, 0.5) is 5.69 Å². The Morgan fingerprint density at radius 2 is 1.98 bits per heavy atom. The molecule has 2 aliphatic heterocycles. The number of hydrogen-bond donors (Lipinski definition) is 1. The van der Waals surface area contributed by atoms with E-state index in [2.05, 4.69) is 29.9 Å². The molecule has 1 N–H and O–H groups in total.